The number of thiocarbonyl (C=S) groups is 1. The van der Waals surface area contributed by atoms with Crippen molar-refractivity contribution in [2.75, 3.05) is 16.8 Å². The number of nitrogens with two attached hydrogens (primary N) is 1. The lowest BCUT2D eigenvalue weighted by Gasteiger charge is -2.23. The molecule has 0 unspecified atom stereocenters. The Hall–Kier alpha value is -0.740. The Bertz CT molecular complexity index is 356. The second-order valence-electron chi connectivity index (χ2n) is 3.97. The first-order valence-corrected chi connectivity index (χ1v) is 7.06. The molecule has 86 valence electrons. The van der Waals surface area contributed by atoms with Crippen LogP contribution in [0.3, 0.4) is 0 Å². The van der Waals surface area contributed by atoms with E-state index in [-0.39, 0.29) is 0 Å². The Balaban J connectivity index is 1.96. The summed E-state index contributed by atoms with van der Waals surface area (Å²) in [6.45, 7) is 0. The Labute approximate surface area is 106 Å². The minimum atomic E-state index is 0.459. The van der Waals surface area contributed by atoms with Crippen molar-refractivity contribution in [3.05, 3.63) is 29.8 Å². The molecule has 0 atom stereocenters. The highest BCUT2D eigenvalue weighted by molar-refractivity contribution is 7.99. The highest BCUT2D eigenvalue weighted by atomic mass is 32.2. The van der Waals surface area contributed by atoms with Gasteiger partial charge >= 0.3 is 0 Å². The first-order valence-electron chi connectivity index (χ1n) is 5.50. The zero-order valence-electron chi connectivity index (χ0n) is 9.11. The van der Waals surface area contributed by atoms with Gasteiger partial charge in [0.05, 0.1) is 0 Å². The molecule has 2 rings (SSSR count). The third kappa shape index (κ3) is 3.12. The van der Waals surface area contributed by atoms with Gasteiger partial charge in [-0.15, -0.1) is 0 Å². The van der Waals surface area contributed by atoms with Crippen molar-refractivity contribution in [2.24, 2.45) is 5.73 Å². The van der Waals surface area contributed by atoms with Gasteiger partial charge in [-0.2, -0.15) is 11.8 Å². The number of benzene rings is 1. The van der Waals surface area contributed by atoms with E-state index >= 15 is 0 Å². The Kier molecular flexibility index (Phi) is 4.07. The quantitative estimate of drug-likeness (QED) is 0.811. The molecule has 0 spiro atoms. The van der Waals surface area contributed by atoms with Gasteiger partial charge in [-0.25, -0.2) is 0 Å². The molecule has 1 aliphatic heterocycles. The lowest BCUT2D eigenvalue weighted by atomic mass is 10.1. The summed E-state index contributed by atoms with van der Waals surface area (Å²) in [7, 11) is 0. The maximum atomic E-state index is 5.56. The summed E-state index contributed by atoms with van der Waals surface area (Å²) < 4.78 is 0. The molecule has 1 aromatic carbocycles. The van der Waals surface area contributed by atoms with Crippen molar-refractivity contribution < 1.29 is 0 Å². The van der Waals surface area contributed by atoms with Crippen molar-refractivity contribution in [1.29, 1.82) is 0 Å². The summed E-state index contributed by atoms with van der Waals surface area (Å²) in [6, 6.07) is 8.67. The van der Waals surface area contributed by atoms with Crippen molar-refractivity contribution >= 4 is 34.7 Å². The summed E-state index contributed by atoms with van der Waals surface area (Å²) in [5, 5.41) is 3.55. The molecule has 0 bridgehead atoms. The molecule has 4 heteroatoms. The summed E-state index contributed by atoms with van der Waals surface area (Å²) in [4.78, 5) is 0.459. The van der Waals surface area contributed by atoms with E-state index < -0.39 is 0 Å². The van der Waals surface area contributed by atoms with Crippen LogP contribution in [0.1, 0.15) is 18.4 Å². The van der Waals surface area contributed by atoms with Gasteiger partial charge in [-0.1, -0.05) is 12.2 Å². The highest BCUT2D eigenvalue weighted by Gasteiger charge is 2.12. The summed E-state index contributed by atoms with van der Waals surface area (Å²) in [6.07, 6.45) is 2.50. The van der Waals surface area contributed by atoms with Crippen LogP contribution in [0.5, 0.6) is 0 Å². The van der Waals surface area contributed by atoms with Crippen molar-refractivity contribution in [3.8, 4) is 0 Å². The van der Waals surface area contributed by atoms with Crippen LogP contribution in [0, 0.1) is 0 Å². The number of thioether (sulfide) groups is 1. The molecule has 3 N–H and O–H groups in total. The smallest absolute Gasteiger partial charge is 0.103 e. The zero-order chi connectivity index (χ0) is 11.4. The second kappa shape index (κ2) is 5.55. The molecule has 0 aliphatic carbocycles. The van der Waals surface area contributed by atoms with Gasteiger partial charge in [0.15, 0.2) is 0 Å². The Morgan fingerprint density at radius 1 is 1.25 bits per heavy atom. The Morgan fingerprint density at radius 3 is 2.44 bits per heavy atom. The molecule has 0 radical (unpaired) electrons. The summed E-state index contributed by atoms with van der Waals surface area (Å²) in [5.41, 5.74) is 7.65. The van der Waals surface area contributed by atoms with E-state index in [2.05, 4.69) is 17.4 Å². The van der Waals surface area contributed by atoms with Gasteiger partial charge < -0.3 is 11.1 Å². The molecule has 1 aliphatic rings. The van der Waals surface area contributed by atoms with Crippen LogP contribution in [0.25, 0.3) is 0 Å². The third-order valence-electron chi connectivity index (χ3n) is 2.76. The van der Waals surface area contributed by atoms with E-state index in [1.807, 2.05) is 23.9 Å². The van der Waals surface area contributed by atoms with E-state index in [1.54, 1.807) is 0 Å². The Morgan fingerprint density at radius 2 is 1.88 bits per heavy atom. The first kappa shape index (κ1) is 11.7. The van der Waals surface area contributed by atoms with E-state index in [0.29, 0.717) is 11.0 Å². The summed E-state index contributed by atoms with van der Waals surface area (Å²) >= 11 is 6.96. The fraction of sp³-hybridized carbons (Fsp3) is 0.417. The van der Waals surface area contributed by atoms with E-state index in [0.717, 1.165) is 11.3 Å². The molecule has 1 heterocycles. The van der Waals surface area contributed by atoms with Gasteiger partial charge in [-0.05, 0) is 48.6 Å². The third-order valence-corrected chi connectivity index (χ3v) is 4.05. The minimum absolute atomic E-state index is 0.459. The van der Waals surface area contributed by atoms with Gasteiger partial charge in [0.1, 0.15) is 4.99 Å². The standard InChI is InChI=1S/C12H16N2S2/c13-12(15)9-1-3-10(4-2-9)14-11-5-7-16-8-6-11/h1-4,11,14H,5-8H2,(H2,13,15). The predicted octanol–water partition coefficient (Wildman–Crippen LogP) is 2.63. The summed E-state index contributed by atoms with van der Waals surface area (Å²) in [5.74, 6) is 2.53. The zero-order valence-corrected chi connectivity index (χ0v) is 10.7. The maximum Gasteiger partial charge on any atom is 0.103 e. The second-order valence-corrected chi connectivity index (χ2v) is 5.64. The highest BCUT2D eigenvalue weighted by Crippen LogP contribution is 2.21. The average molecular weight is 252 g/mol. The van der Waals surface area contributed by atoms with E-state index in [9.17, 15) is 0 Å². The number of rotatable bonds is 3. The largest absolute Gasteiger partial charge is 0.389 e. The predicted molar refractivity (Wildman–Crippen MR) is 76.3 cm³/mol. The molecule has 0 aromatic heterocycles. The number of hydrogen-bond acceptors (Lipinski definition) is 3. The molecular weight excluding hydrogens is 236 g/mol. The topological polar surface area (TPSA) is 38.0 Å². The lowest BCUT2D eigenvalue weighted by molar-refractivity contribution is 0.667. The van der Waals surface area contributed by atoms with Crippen molar-refractivity contribution in [2.45, 2.75) is 18.9 Å². The van der Waals surface area contributed by atoms with Crippen LogP contribution >= 0.6 is 24.0 Å². The molecule has 1 saturated heterocycles. The molecule has 1 aromatic rings. The van der Waals surface area contributed by atoms with Gasteiger partial charge in [0.2, 0.25) is 0 Å². The number of nitrogens with one attached hydrogen (secondary N) is 1. The maximum absolute atomic E-state index is 5.56. The van der Waals surface area contributed by atoms with Gasteiger partial charge in [-0.3, -0.25) is 0 Å². The molecule has 1 fully saturated rings. The molecule has 16 heavy (non-hydrogen) atoms. The first-order chi connectivity index (χ1) is 7.75. The van der Waals surface area contributed by atoms with E-state index in [1.165, 1.54) is 24.3 Å². The monoisotopic (exact) mass is 252 g/mol. The minimum Gasteiger partial charge on any atom is -0.389 e. The fourth-order valence-corrected chi connectivity index (χ4v) is 3.05. The average Bonchev–Trinajstić information content (AvgIpc) is 2.31. The fourth-order valence-electron chi connectivity index (χ4n) is 1.81. The van der Waals surface area contributed by atoms with Crippen LogP contribution in [-0.4, -0.2) is 22.5 Å². The van der Waals surface area contributed by atoms with Crippen molar-refractivity contribution in [1.82, 2.24) is 0 Å². The van der Waals surface area contributed by atoms with Crippen LogP contribution < -0.4 is 11.1 Å². The van der Waals surface area contributed by atoms with Crippen LogP contribution in [0.15, 0.2) is 24.3 Å². The molecular formula is C12H16N2S2. The van der Waals surface area contributed by atoms with Crippen LogP contribution in [0.4, 0.5) is 5.69 Å². The van der Waals surface area contributed by atoms with Gasteiger partial charge in [0, 0.05) is 17.3 Å². The van der Waals surface area contributed by atoms with Crippen molar-refractivity contribution in [3.63, 3.8) is 0 Å². The number of anilines is 1. The molecule has 0 amide bonds. The van der Waals surface area contributed by atoms with Crippen LogP contribution in [0.2, 0.25) is 0 Å². The van der Waals surface area contributed by atoms with E-state index in [4.69, 9.17) is 18.0 Å². The normalized spacial score (nSPS) is 17.0. The molecule has 0 saturated carbocycles. The van der Waals surface area contributed by atoms with Gasteiger partial charge in [0.25, 0.3) is 0 Å². The van der Waals surface area contributed by atoms with Crippen LogP contribution in [-0.2, 0) is 0 Å². The number of hydrogen-bond donors (Lipinski definition) is 2. The molecule has 2 nitrogen and oxygen atoms in total. The SMILES string of the molecule is NC(=S)c1ccc(NC2CCSCC2)cc1. The lowest BCUT2D eigenvalue weighted by Crippen LogP contribution is -2.24.